The number of nitriles is 1. The number of ketones is 1. The Bertz CT molecular complexity index is 362. The SMILES string of the molecule is Cc1ccc(C(=O)CC(C)C#N)nc1. The Hall–Kier alpha value is -1.69. The molecule has 0 aromatic carbocycles. The van der Waals surface area contributed by atoms with Crippen LogP contribution in [0.25, 0.3) is 0 Å². The molecule has 3 heteroatoms. The minimum Gasteiger partial charge on any atom is -0.292 e. The van der Waals surface area contributed by atoms with Crippen molar-refractivity contribution in [3.63, 3.8) is 0 Å². The van der Waals surface area contributed by atoms with Gasteiger partial charge in [0.1, 0.15) is 5.69 Å². The highest BCUT2D eigenvalue weighted by molar-refractivity contribution is 5.94. The van der Waals surface area contributed by atoms with Crippen LogP contribution < -0.4 is 0 Å². The molecule has 0 saturated carbocycles. The van der Waals surface area contributed by atoms with Crippen LogP contribution in [0.5, 0.6) is 0 Å². The lowest BCUT2D eigenvalue weighted by atomic mass is 10.0. The first-order valence-electron chi connectivity index (χ1n) is 4.49. The summed E-state index contributed by atoms with van der Waals surface area (Å²) >= 11 is 0. The molecular weight excluding hydrogens is 176 g/mol. The highest BCUT2D eigenvalue weighted by Gasteiger charge is 2.11. The monoisotopic (exact) mass is 188 g/mol. The second kappa shape index (κ2) is 4.52. The van der Waals surface area contributed by atoms with Gasteiger partial charge in [-0.3, -0.25) is 9.78 Å². The summed E-state index contributed by atoms with van der Waals surface area (Å²) in [5.74, 6) is -0.315. The fourth-order valence-corrected chi connectivity index (χ4v) is 1.06. The number of nitrogens with zero attached hydrogens (tertiary/aromatic N) is 2. The van der Waals surface area contributed by atoms with Gasteiger partial charge < -0.3 is 0 Å². The highest BCUT2D eigenvalue weighted by Crippen LogP contribution is 2.07. The Labute approximate surface area is 83.4 Å². The molecule has 0 spiro atoms. The van der Waals surface area contributed by atoms with Crippen molar-refractivity contribution in [3.8, 4) is 6.07 Å². The molecule has 1 unspecified atom stereocenters. The maximum Gasteiger partial charge on any atom is 0.182 e. The zero-order valence-corrected chi connectivity index (χ0v) is 8.32. The van der Waals surface area contributed by atoms with E-state index >= 15 is 0 Å². The van der Waals surface area contributed by atoms with E-state index in [4.69, 9.17) is 5.26 Å². The standard InChI is InChI=1S/C11H12N2O/c1-8-3-4-10(13-7-8)11(14)5-9(2)6-12/h3-4,7,9H,5H2,1-2H3. The smallest absolute Gasteiger partial charge is 0.182 e. The van der Waals surface area contributed by atoms with E-state index in [1.54, 1.807) is 19.2 Å². The first kappa shape index (κ1) is 10.4. The van der Waals surface area contributed by atoms with Gasteiger partial charge >= 0.3 is 0 Å². The Kier molecular flexibility index (Phi) is 3.35. The third-order valence-electron chi connectivity index (χ3n) is 1.91. The summed E-state index contributed by atoms with van der Waals surface area (Å²) in [6.07, 6.45) is 1.90. The van der Waals surface area contributed by atoms with Crippen molar-refractivity contribution in [1.82, 2.24) is 4.98 Å². The van der Waals surface area contributed by atoms with E-state index in [0.717, 1.165) is 5.56 Å². The van der Waals surface area contributed by atoms with E-state index < -0.39 is 0 Å². The van der Waals surface area contributed by atoms with Crippen LogP contribution >= 0.6 is 0 Å². The number of hydrogen-bond donors (Lipinski definition) is 0. The number of pyridine rings is 1. The van der Waals surface area contributed by atoms with Gasteiger partial charge in [-0.25, -0.2) is 0 Å². The molecule has 1 rings (SSSR count). The van der Waals surface area contributed by atoms with E-state index in [1.807, 2.05) is 19.1 Å². The van der Waals surface area contributed by atoms with E-state index in [1.165, 1.54) is 0 Å². The Morgan fingerprint density at radius 2 is 2.36 bits per heavy atom. The summed E-state index contributed by atoms with van der Waals surface area (Å²) in [7, 11) is 0. The van der Waals surface area contributed by atoms with Crippen LogP contribution in [0.1, 0.15) is 29.4 Å². The summed E-state index contributed by atoms with van der Waals surface area (Å²) in [6, 6.07) is 5.57. The molecule has 0 aliphatic carbocycles. The molecule has 0 amide bonds. The van der Waals surface area contributed by atoms with Crippen LogP contribution in [0, 0.1) is 24.2 Å². The molecule has 0 saturated heterocycles. The van der Waals surface area contributed by atoms with Gasteiger partial charge in [-0.15, -0.1) is 0 Å². The van der Waals surface area contributed by atoms with Crippen molar-refractivity contribution in [2.75, 3.05) is 0 Å². The van der Waals surface area contributed by atoms with E-state index in [9.17, 15) is 4.79 Å². The summed E-state index contributed by atoms with van der Waals surface area (Å²) in [5.41, 5.74) is 1.47. The van der Waals surface area contributed by atoms with Crippen LogP contribution in [-0.4, -0.2) is 10.8 Å². The van der Waals surface area contributed by atoms with Gasteiger partial charge in [0.25, 0.3) is 0 Å². The van der Waals surface area contributed by atoms with Crippen LogP contribution in [0.2, 0.25) is 0 Å². The fourth-order valence-electron chi connectivity index (χ4n) is 1.06. The predicted octanol–water partition coefficient (Wildman–Crippen LogP) is 2.12. The Morgan fingerprint density at radius 3 is 2.86 bits per heavy atom. The van der Waals surface area contributed by atoms with Gasteiger partial charge in [-0.1, -0.05) is 6.07 Å². The minimum atomic E-state index is -0.245. The molecule has 14 heavy (non-hydrogen) atoms. The van der Waals surface area contributed by atoms with Crippen molar-refractivity contribution in [2.24, 2.45) is 5.92 Å². The fraction of sp³-hybridized carbons (Fsp3) is 0.364. The largest absolute Gasteiger partial charge is 0.292 e. The molecule has 1 heterocycles. The lowest BCUT2D eigenvalue weighted by molar-refractivity contribution is 0.0968. The summed E-state index contributed by atoms with van der Waals surface area (Å²) in [6.45, 7) is 3.64. The van der Waals surface area contributed by atoms with Crippen molar-refractivity contribution in [2.45, 2.75) is 20.3 Å². The molecule has 0 N–H and O–H groups in total. The van der Waals surface area contributed by atoms with Gasteiger partial charge in [-0.05, 0) is 25.5 Å². The second-order valence-electron chi connectivity index (χ2n) is 3.38. The van der Waals surface area contributed by atoms with Gasteiger partial charge in [0.15, 0.2) is 5.78 Å². The second-order valence-corrected chi connectivity index (χ2v) is 3.38. The van der Waals surface area contributed by atoms with E-state index in [-0.39, 0.29) is 18.1 Å². The topological polar surface area (TPSA) is 53.8 Å². The number of aromatic nitrogens is 1. The van der Waals surface area contributed by atoms with Crippen molar-refractivity contribution < 1.29 is 4.79 Å². The summed E-state index contributed by atoms with van der Waals surface area (Å²) in [5, 5.41) is 8.55. The Balaban J connectivity index is 2.71. The lowest BCUT2D eigenvalue weighted by Gasteiger charge is -2.01. The molecule has 1 atom stereocenters. The number of aryl methyl sites for hydroxylation is 1. The number of carbonyl (C=O) groups is 1. The molecule has 1 aromatic rings. The summed E-state index contributed by atoms with van der Waals surface area (Å²) in [4.78, 5) is 15.5. The van der Waals surface area contributed by atoms with Crippen LogP contribution in [0.3, 0.4) is 0 Å². The third-order valence-corrected chi connectivity index (χ3v) is 1.91. The molecule has 1 aromatic heterocycles. The average molecular weight is 188 g/mol. The number of hydrogen-bond acceptors (Lipinski definition) is 3. The van der Waals surface area contributed by atoms with Gasteiger partial charge in [0.05, 0.1) is 12.0 Å². The molecular formula is C11H12N2O. The normalized spacial score (nSPS) is 11.8. The quantitative estimate of drug-likeness (QED) is 0.683. The number of Topliss-reactive ketones (excluding diaryl/α,β-unsaturated/α-hetero) is 1. The average Bonchev–Trinajstić information content (AvgIpc) is 2.18. The number of carbonyl (C=O) groups excluding carboxylic acids is 1. The van der Waals surface area contributed by atoms with Crippen molar-refractivity contribution in [3.05, 3.63) is 29.6 Å². The van der Waals surface area contributed by atoms with E-state index in [2.05, 4.69) is 4.98 Å². The molecule has 0 fully saturated rings. The molecule has 3 nitrogen and oxygen atoms in total. The van der Waals surface area contributed by atoms with Crippen LogP contribution in [-0.2, 0) is 0 Å². The van der Waals surface area contributed by atoms with Gasteiger partial charge in [0, 0.05) is 12.6 Å². The van der Waals surface area contributed by atoms with Gasteiger partial charge in [-0.2, -0.15) is 5.26 Å². The first-order chi connectivity index (χ1) is 6.63. The molecule has 0 radical (unpaired) electrons. The molecule has 0 bridgehead atoms. The predicted molar refractivity (Wildman–Crippen MR) is 52.7 cm³/mol. The minimum absolute atomic E-state index is 0.0703. The lowest BCUT2D eigenvalue weighted by Crippen LogP contribution is -2.06. The van der Waals surface area contributed by atoms with E-state index in [0.29, 0.717) is 5.69 Å². The zero-order chi connectivity index (χ0) is 10.6. The molecule has 0 aliphatic rings. The first-order valence-corrected chi connectivity index (χ1v) is 4.49. The maximum atomic E-state index is 11.5. The Morgan fingerprint density at radius 1 is 1.64 bits per heavy atom. The van der Waals surface area contributed by atoms with Gasteiger partial charge in [0.2, 0.25) is 0 Å². The molecule has 0 aliphatic heterocycles. The third kappa shape index (κ3) is 2.67. The zero-order valence-electron chi connectivity index (χ0n) is 8.32. The maximum absolute atomic E-state index is 11.5. The van der Waals surface area contributed by atoms with Crippen LogP contribution in [0.15, 0.2) is 18.3 Å². The van der Waals surface area contributed by atoms with Crippen LogP contribution in [0.4, 0.5) is 0 Å². The molecule has 72 valence electrons. The van der Waals surface area contributed by atoms with Crippen molar-refractivity contribution >= 4 is 5.78 Å². The van der Waals surface area contributed by atoms with Crippen molar-refractivity contribution in [1.29, 1.82) is 5.26 Å². The highest BCUT2D eigenvalue weighted by atomic mass is 16.1. The number of rotatable bonds is 3. The summed E-state index contributed by atoms with van der Waals surface area (Å²) < 4.78 is 0.